The Hall–Kier alpha value is -2.97. The van der Waals surface area contributed by atoms with Crippen LogP contribution in [0.5, 0.6) is 0 Å². The molecule has 1 saturated heterocycles. The summed E-state index contributed by atoms with van der Waals surface area (Å²) >= 11 is 0. The van der Waals surface area contributed by atoms with E-state index in [4.69, 9.17) is 4.74 Å². The molecule has 0 N–H and O–H groups in total. The van der Waals surface area contributed by atoms with Gasteiger partial charge in [0.1, 0.15) is 6.33 Å². The van der Waals surface area contributed by atoms with Crippen molar-refractivity contribution in [3.63, 3.8) is 0 Å². The van der Waals surface area contributed by atoms with Gasteiger partial charge >= 0.3 is 6.09 Å². The molecule has 0 aliphatic carbocycles. The van der Waals surface area contributed by atoms with E-state index in [9.17, 15) is 9.59 Å². The minimum Gasteiger partial charge on any atom is -0.453 e. The lowest BCUT2D eigenvalue weighted by atomic mass is 10.1. The number of hydrogen-bond acceptors (Lipinski definition) is 7. The number of hydrogen-bond donors (Lipinski definition) is 0. The van der Waals surface area contributed by atoms with Gasteiger partial charge in [-0.3, -0.25) is 9.36 Å². The zero-order valence-electron chi connectivity index (χ0n) is 15.1. The van der Waals surface area contributed by atoms with E-state index in [1.54, 1.807) is 24.2 Å². The first kappa shape index (κ1) is 17.8. The van der Waals surface area contributed by atoms with Crippen molar-refractivity contribution in [2.45, 2.75) is 18.9 Å². The topological polar surface area (TPSA) is 93.5 Å². The number of methoxy groups -OCH3 is 1. The molecule has 0 saturated carbocycles. The molecule has 1 aliphatic heterocycles. The molecule has 2 aromatic rings. The molecular formula is C17H22N6O3. The molecule has 1 atom stereocenters. The van der Waals surface area contributed by atoms with Crippen LogP contribution in [0.1, 0.15) is 12.8 Å². The van der Waals surface area contributed by atoms with Gasteiger partial charge in [-0.1, -0.05) is 0 Å². The van der Waals surface area contributed by atoms with Gasteiger partial charge in [0.15, 0.2) is 0 Å². The van der Waals surface area contributed by atoms with E-state index in [2.05, 4.69) is 15.0 Å². The number of likely N-dealkylation sites (tertiary alicyclic amines) is 1. The van der Waals surface area contributed by atoms with Crippen LogP contribution in [0.3, 0.4) is 0 Å². The minimum atomic E-state index is -0.334. The smallest absolute Gasteiger partial charge is 0.409 e. The summed E-state index contributed by atoms with van der Waals surface area (Å²) in [5.74, 6) is 0.530. The second-order valence-electron chi connectivity index (χ2n) is 6.26. The second-order valence-corrected chi connectivity index (χ2v) is 6.26. The molecule has 0 bridgehead atoms. The Bertz CT molecular complexity index is 838. The van der Waals surface area contributed by atoms with Crippen molar-refractivity contribution in [2.75, 3.05) is 32.1 Å². The Labute approximate surface area is 151 Å². The standard InChI is InChI=1S/C17H22N6O3/c1-21(12-5-4-8-23(10-12)17(25)26-3)16-20-14(9-15(24)22(16)2)13-6-7-18-11-19-13/h6-7,9,11-12H,4-5,8,10H2,1-3H3. The molecule has 9 nitrogen and oxygen atoms in total. The van der Waals surface area contributed by atoms with E-state index in [-0.39, 0.29) is 17.7 Å². The quantitative estimate of drug-likeness (QED) is 0.805. The number of carbonyl (C=O) groups excluding carboxylic acids is 1. The fraction of sp³-hybridized carbons (Fsp3) is 0.471. The first-order valence-corrected chi connectivity index (χ1v) is 8.41. The number of ether oxygens (including phenoxy) is 1. The molecule has 1 aliphatic rings. The second kappa shape index (κ2) is 7.51. The van der Waals surface area contributed by atoms with Crippen LogP contribution in [0.25, 0.3) is 11.4 Å². The summed E-state index contributed by atoms with van der Waals surface area (Å²) < 4.78 is 6.33. The molecule has 2 aromatic heterocycles. The predicted molar refractivity (Wildman–Crippen MR) is 95.9 cm³/mol. The predicted octanol–water partition coefficient (Wildman–Crippen LogP) is 0.904. The maximum absolute atomic E-state index is 12.4. The number of amides is 1. The molecular weight excluding hydrogens is 336 g/mol. The number of nitrogens with zero attached hydrogens (tertiary/aromatic N) is 6. The third kappa shape index (κ3) is 3.51. The maximum Gasteiger partial charge on any atom is 0.409 e. The van der Waals surface area contributed by atoms with E-state index in [1.165, 1.54) is 24.1 Å². The summed E-state index contributed by atoms with van der Waals surface area (Å²) in [4.78, 5) is 40.6. The molecule has 1 unspecified atom stereocenters. The highest BCUT2D eigenvalue weighted by Crippen LogP contribution is 2.21. The minimum absolute atomic E-state index is 0.0431. The Morgan fingerprint density at radius 3 is 2.88 bits per heavy atom. The summed E-state index contributed by atoms with van der Waals surface area (Å²) in [5, 5.41) is 0. The number of aromatic nitrogens is 4. The average Bonchev–Trinajstić information content (AvgIpc) is 2.69. The van der Waals surface area contributed by atoms with Gasteiger partial charge in [0.25, 0.3) is 5.56 Å². The van der Waals surface area contributed by atoms with E-state index in [1.807, 2.05) is 11.9 Å². The molecule has 138 valence electrons. The summed E-state index contributed by atoms with van der Waals surface area (Å²) in [6, 6.07) is 3.22. The maximum atomic E-state index is 12.4. The number of rotatable bonds is 3. The van der Waals surface area contributed by atoms with Crippen LogP contribution in [-0.4, -0.2) is 63.8 Å². The first-order chi connectivity index (χ1) is 12.5. The van der Waals surface area contributed by atoms with Gasteiger partial charge in [0.2, 0.25) is 5.95 Å². The van der Waals surface area contributed by atoms with Crippen LogP contribution < -0.4 is 10.5 Å². The van der Waals surface area contributed by atoms with Crippen molar-refractivity contribution < 1.29 is 9.53 Å². The molecule has 9 heteroatoms. The lowest BCUT2D eigenvalue weighted by Crippen LogP contribution is -2.50. The van der Waals surface area contributed by atoms with Gasteiger partial charge in [0.05, 0.1) is 18.5 Å². The van der Waals surface area contributed by atoms with Crippen LogP contribution in [-0.2, 0) is 11.8 Å². The van der Waals surface area contributed by atoms with E-state index >= 15 is 0 Å². The summed E-state index contributed by atoms with van der Waals surface area (Å²) in [5.41, 5.74) is 0.918. The largest absolute Gasteiger partial charge is 0.453 e. The van der Waals surface area contributed by atoms with Gasteiger partial charge in [-0.15, -0.1) is 0 Å². The summed E-state index contributed by atoms with van der Waals surface area (Å²) in [6.45, 7) is 1.20. The SMILES string of the molecule is COC(=O)N1CCCC(N(C)c2nc(-c3ccncn3)cc(=O)n2C)C1. The first-order valence-electron chi connectivity index (χ1n) is 8.41. The molecule has 0 spiro atoms. The number of anilines is 1. The van der Waals surface area contributed by atoms with Gasteiger partial charge in [-0.05, 0) is 18.9 Å². The normalized spacial score (nSPS) is 17.0. The highest BCUT2D eigenvalue weighted by molar-refractivity contribution is 5.67. The monoisotopic (exact) mass is 358 g/mol. The highest BCUT2D eigenvalue weighted by atomic mass is 16.5. The van der Waals surface area contributed by atoms with Crippen LogP contribution >= 0.6 is 0 Å². The lowest BCUT2D eigenvalue weighted by Gasteiger charge is -2.37. The van der Waals surface area contributed by atoms with E-state index < -0.39 is 0 Å². The van der Waals surface area contributed by atoms with Crippen molar-refractivity contribution in [3.8, 4) is 11.4 Å². The molecule has 1 amide bonds. The summed E-state index contributed by atoms with van der Waals surface area (Å²) in [7, 11) is 4.95. The highest BCUT2D eigenvalue weighted by Gasteiger charge is 2.28. The van der Waals surface area contributed by atoms with E-state index in [0.29, 0.717) is 30.4 Å². The lowest BCUT2D eigenvalue weighted by molar-refractivity contribution is 0.110. The fourth-order valence-corrected chi connectivity index (χ4v) is 3.15. The number of piperidine rings is 1. The zero-order valence-corrected chi connectivity index (χ0v) is 15.1. The van der Waals surface area contributed by atoms with Crippen molar-refractivity contribution in [3.05, 3.63) is 35.0 Å². The third-order valence-electron chi connectivity index (χ3n) is 4.65. The molecule has 1 fully saturated rings. The Balaban J connectivity index is 1.91. The van der Waals surface area contributed by atoms with Crippen LogP contribution in [0.2, 0.25) is 0 Å². The summed E-state index contributed by atoms with van der Waals surface area (Å²) in [6.07, 6.45) is 4.47. The molecule has 0 aromatic carbocycles. The van der Waals surface area contributed by atoms with Gasteiger partial charge in [-0.2, -0.15) is 0 Å². The Kier molecular flexibility index (Phi) is 5.15. The van der Waals surface area contributed by atoms with Crippen LogP contribution in [0.15, 0.2) is 29.5 Å². The van der Waals surface area contributed by atoms with E-state index in [0.717, 1.165) is 12.8 Å². The van der Waals surface area contributed by atoms with Crippen molar-refractivity contribution in [2.24, 2.45) is 7.05 Å². The van der Waals surface area contributed by atoms with Gasteiger partial charge in [-0.25, -0.2) is 19.7 Å². The fourth-order valence-electron chi connectivity index (χ4n) is 3.15. The molecule has 3 heterocycles. The number of likely N-dealkylation sites (N-methyl/N-ethyl adjacent to an activating group) is 1. The third-order valence-corrected chi connectivity index (χ3v) is 4.65. The van der Waals surface area contributed by atoms with Crippen molar-refractivity contribution >= 4 is 12.0 Å². The van der Waals surface area contributed by atoms with Crippen LogP contribution in [0, 0.1) is 0 Å². The Morgan fingerprint density at radius 1 is 1.38 bits per heavy atom. The van der Waals surface area contributed by atoms with Crippen molar-refractivity contribution in [1.82, 2.24) is 24.4 Å². The van der Waals surface area contributed by atoms with Gasteiger partial charge < -0.3 is 14.5 Å². The zero-order chi connectivity index (χ0) is 18.7. The molecule has 26 heavy (non-hydrogen) atoms. The van der Waals surface area contributed by atoms with Crippen molar-refractivity contribution in [1.29, 1.82) is 0 Å². The molecule has 0 radical (unpaired) electrons. The average molecular weight is 358 g/mol. The van der Waals surface area contributed by atoms with Crippen LogP contribution in [0.4, 0.5) is 10.7 Å². The van der Waals surface area contributed by atoms with Gasteiger partial charge in [0, 0.05) is 45.5 Å². The molecule has 3 rings (SSSR count). The number of carbonyl (C=O) groups is 1. The Morgan fingerprint density at radius 2 is 2.19 bits per heavy atom.